The highest BCUT2D eigenvalue weighted by Gasteiger charge is 2.12. The van der Waals surface area contributed by atoms with Crippen molar-refractivity contribution in [1.82, 2.24) is 0 Å². The highest BCUT2D eigenvalue weighted by molar-refractivity contribution is 9.10. The van der Waals surface area contributed by atoms with Gasteiger partial charge in [0.15, 0.2) is 11.6 Å². The summed E-state index contributed by atoms with van der Waals surface area (Å²) in [4.78, 5) is 0. The molecule has 102 valence electrons. The fourth-order valence-electron chi connectivity index (χ4n) is 1.94. The van der Waals surface area contributed by atoms with Crippen LogP contribution in [0.4, 0.5) is 8.78 Å². The summed E-state index contributed by atoms with van der Waals surface area (Å²) in [6.45, 7) is 0.205. The van der Waals surface area contributed by atoms with Gasteiger partial charge in [-0.2, -0.15) is 4.39 Å². The molecule has 2 aromatic carbocycles. The van der Waals surface area contributed by atoms with Crippen molar-refractivity contribution >= 4 is 37.4 Å². The minimum absolute atomic E-state index is 0.0906. The fraction of sp³-hybridized carbons (Fsp3) is 0.0667. The zero-order chi connectivity index (χ0) is 14.1. The molecule has 0 spiro atoms. The third kappa shape index (κ3) is 2.55. The van der Waals surface area contributed by atoms with Crippen LogP contribution in [-0.4, -0.2) is 0 Å². The van der Waals surface area contributed by atoms with Gasteiger partial charge in [0.2, 0.25) is 5.82 Å². The fourth-order valence-corrected chi connectivity index (χ4v) is 3.29. The number of hydrogen-bond acceptors (Lipinski definition) is 2. The van der Waals surface area contributed by atoms with E-state index in [4.69, 9.17) is 4.74 Å². The Balaban J connectivity index is 1.87. The Morgan fingerprint density at radius 1 is 1.15 bits per heavy atom. The quantitative estimate of drug-likeness (QED) is 0.562. The topological polar surface area (TPSA) is 9.23 Å². The first-order chi connectivity index (χ1) is 9.65. The van der Waals surface area contributed by atoms with Crippen molar-refractivity contribution in [3.05, 3.63) is 63.4 Å². The van der Waals surface area contributed by atoms with E-state index in [9.17, 15) is 8.78 Å². The minimum atomic E-state index is -0.965. The maximum atomic E-state index is 13.6. The lowest BCUT2D eigenvalue weighted by Gasteiger charge is -2.08. The van der Waals surface area contributed by atoms with Gasteiger partial charge in [-0.3, -0.25) is 0 Å². The standard InChI is InChI=1S/C15H9BrF2OS/c16-10-5-12(17)15(18)13(6-10)19-7-9-8-20-14-4-2-1-3-11(9)14/h1-6,8H,7H2. The van der Waals surface area contributed by atoms with Crippen LogP contribution in [-0.2, 0) is 6.61 Å². The van der Waals surface area contributed by atoms with Crippen molar-refractivity contribution in [1.29, 1.82) is 0 Å². The van der Waals surface area contributed by atoms with E-state index in [1.807, 2.05) is 29.6 Å². The van der Waals surface area contributed by atoms with E-state index in [1.54, 1.807) is 11.3 Å². The molecule has 0 aliphatic rings. The Bertz CT molecular complexity index is 770. The van der Waals surface area contributed by atoms with Crippen molar-refractivity contribution in [2.45, 2.75) is 6.61 Å². The van der Waals surface area contributed by atoms with Gasteiger partial charge < -0.3 is 4.74 Å². The average molecular weight is 355 g/mol. The van der Waals surface area contributed by atoms with Crippen LogP contribution < -0.4 is 4.74 Å². The molecule has 5 heteroatoms. The van der Waals surface area contributed by atoms with E-state index >= 15 is 0 Å². The summed E-state index contributed by atoms with van der Waals surface area (Å²) in [5.74, 6) is -1.98. The molecule has 3 rings (SSSR count). The maximum Gasteiger partial charge on any atom is 0.200 e. The van der Waals surface area contributed by atoms with Crippen LogP contribution in [0.1, 0.15) is 5.56 Å². The minimum Gasteiger partial charge on any atom is -0.486 e. The second-order valence-electron chi connectivity index (χ2n) is 4.25. The molecule has 0 atom stereocenters. The van der Waals surface area contributed by atoms with E-state index < -0.39 is 11.6 Å². The summed E-state index contributed by atoms with van der Waals surface area (Å²) in [6, 6.07) is 10.4. The number of thiophene rings is 1. The largest absolute Gasteiger partial charge is 0.486 e. The highest BCUT2D eigenvalue weighted by atomic mass is 79.9. The van der Waals surface area contributed by atoms with Crippen LogP contribution in [0.15, 0.2) is 46.3 Å². The van der Waals surface area contributed by atoms with Crippen molar-refractivity contribution in [2.24, 2.45) is 0 Å². The number of fused-ring (bicyclic) bond motifs is 1. The molecule has 1 aromatic heterocycles. The summed E-state index contributed by atoms with van der Waals surface area (Å²) < 4.78 is 33.9. The molecule has 1 nitrogen and oxygen atoms in total. The van der Waals surface area contributed by atoms with E-state index in [-0.39, 0.29) is 12.4 Å². The molecule has 0 fully saturated rings. The Labute approximate surface area is 126 Å². The normalized spacial score (nSPS) is 10.9. The number of benzene rings is 2. The van der Waals surface area contributed by atoms with Crippen molar-refractivity contribution in [3.63, 3.8) is 0 Å². The zero-order valence-electron chi connectivity index (χ0n) is 10.2. The summed E-state index contributed by atoms with van der Waals surface area (Å²) >= 11 is 4.72. The van der Waals surface area contributed by atoms with Gasteiger partial charge in [-0.05, 0) is 29.0 Å². The molecule has 0 saturated carbocycles. The van der Waals surface area contributed by atoms with Crippen LogP contribution in [0.25, 0.3) is 10.1 Å². The average Bonchev–Trinajstić information content (AvgIpc) is 2.84. The first kappa shape index (κ1) is 13.5. The molecule has 20 heavy (non-hydrogen) atoms. The van der Waals surface area contributed by atoms with E-state index in [2.05, 4.69) is 15.9 Å². The van der Waals surface area contributed by atoms with Crippen LogP contribution in [0, 0.1) is 11.6 Å². The lowest BCUT2D eigenvalue weighted by molar-refractivity contribution is 0.286. The summed E-state index contributed by atoms with van der Waals surface area (Å²) in [6.07, 6.45) is 0. The molecule has 0 unspecified atom stereocenters. The van der Waals surface area contributed by atoms with Crippen molar-refractivity contribution in [2.75, 3.05) is 0 Å². The van der Waals surface area contributed by atoms with Gasteiger partial charge in [0, 0.05) is 14.7 Å². The second-order valence-corrected chi connectivity index (χ2v) is 6.07. The second kappa shape index (κ2) is 5.50. The molecular formula is C15H9BrF2OS. The molecule has 0 saturated heterocycles. The number of ether oxygens (including phenoxy) is 1. The van der Waals surface area contributed by atoms with Crippen LogP contribution in [0.2, 0.25) is 0 Å². The van der Waals surface area contributed by atoms with E-state index in [1.165, 1.54) is 6.07 Å². The van der Waals surface area contributed by atoms with Crippen LogP contribution >= 0.6 is 27.3 Å². The molecule has 0 bridgehead atoms. The molecule has 0 radical (unpaired) electrons. The van der Waals surface area contributed by atoms with Crippen LogP contribution in [0.3, 0.4) is 0 Å². The van der Waals surface area contributed by atoms with Gasteiger partial charge in [0.25, 0.3) is 0 Å². The van der Waals surface area contributed by atoms with E-state index in [0.717, 1.165) is 21.7 Å². The summed E-state index contributed by atoms with van der Waals surface area (Å²) in [7, 11) is 0. The number of halogens is 3. The maximum absolute atomic E-state index is 13.6. The van der Waals surface area contributed by atoms with Crippen molar-refractivity contribution < 1.29 is 13.5 Å². The Morgan fingerprint density at radius 2 is 1.95 bits per heavy atom. The molecule has 1 heterocycles. The lowest BCUT2D eigenvalue weighted by Crippen LogP contribution is -1.98. The number of rotatable bonds is 3. The molecule has 0 amide bonds. The monoisotopic (exact) mass is 354 g/mol. The Morgan fingerprint density at radius 3 is 2.80 bits per heavy atom. The van der Waals surface area contributed by atoms with Gasteiger partial charge in [-0.1, -0.05) is 34.1 Å². The van der Waals surface area contributed by atoms with Gasteiger partial charge in [-0.15, -0.1) is 11.3 Å². The van der Waals surface area contributed by atoms with Gasteiger partial charge in [0.05, 0.1) is 0 Å². The molecule has 0 N–H and O–H groups in total. The first-order valence-corrected chi connectivity index (χ1v) is 7.55. The van der Waals surface area contributed by atoms with Gasteiger partial charge in [0.1, 0.15) is 6.61 Å². The predicted octanol–water partition coefficient (Wildman–Crippen LogP) is 5.52. The third-order valence-electron chi connectivity index (χ3n) is 2.90. The first-order valence-electron chi connectivity index (χ1n) is 5.87. The highest BCUT2D eigenvalue weighted by Crippen LogP contribution is 2.29. The van der Waals surface area contributed by atoms with Gasteiger partial charge in [-0.25, -0.2) is 4.39 Å². The molecule has 0 aliphatic carbocycles. The summed E-state index contributed by atoms with van der Waals surface area (Å²) in [5.41, 5.74) is 0.963. The zero-order valence-corrected chi connectivity index (χ0v) is 12.6. The van der Waals surface area contributed by atoms with Crippen molar-refractivity contribution in [3.8, 4) is 5.75 Å². The SMILES string of the molecule is Fc1cc(Br)cc(OCc2csc3ccccc23)c1F. The Kier molecular flexibility index (Phi) is 3.72. The molecule has 3 aromatic rings. The molecule has 0 aliphatic heterocycles. The van der Waals surface area contributed by atoms with E-state index in [0.29, 0.717) is 4.47 Å². The summed E-state index contributed by atoms with van der Waals surface area (Å²) in [5, 5.41) is 3.05. The Hall–Kier alpha value is -1.46. The third-order valence-corrected chi connectivity index (χ3v) is 4.37. The lowest BCUT2D eigenvalue weighted by atomic mass is 10.2. The smallest absolute Gasteiger partial charge is 0.200 e. The molecular weight excluding hydrogens is 346 g/mol. The van der Waals surface area contributed by atoms with Crippen LogP contribution in [0.5, 0.6) is 5.75 Å². The van der Waals surface area contributed by atoms with Gasteiger partial charge >= 0.3 is 0 Å². The number of hydrogen-bond donors (Lipinski definition) is 0. The predicted molar refractivity (Wildman–Crippen MR) is 80.2 cm³/mol.